The molecule has 11 nitrogen and oxygen atoms in total. The molecule has 1 atom stereocenters. The van der Waals surface area contributed by atoms with Gasteiger partial charge < -0.3 is 25.6 Å². The van der Waals surface area contributed by atoms with Crippen molar-refractivity contribution in [1.82, 2.24) is 20.1 Å². The molecule has 2 heterocycles. The zero-order valence-corrected chi connectivity index (χ0v) is 16.9. The molecule has 1 aliphatic heterocycles. The van der Waals surface area contributed by atoms with Crippen molar-refractivity contribution in [3.05, 3.63) is 23.9 Å². The van der Waals surface area contributed by atoms with Gasteiger partial charge in [0.25, 0.3) is 0 Å². The minimum Gasteiger partial charge on any atom is -0.469 e. The predicted octanol–water partition coefficient (Wildman–Crippen LogP) is -1.49. The largest absolute Gasteiger partial charge is 0.469 e. The predicted molar refractivity (Wildman–Crippen MR) is 105 cm³/mol. The molecule has 1 unspecified atom stereocenters. The number of ketones is 1. The molecule has 1 saturated heterocycles. The molecule has 30 heavy (non-hydrogen) atoms. The number of pyridine rings is 1. The van der Waals surface area contributed by atoms with Crippen LogP contribution in [-0.4, -0.2) is 83.6 Å². The first kappa shape index (κ1) is 22.8. The minimum absolute atomic E-state index is 0.0603. The van der Waals surface area contributed by atoms with Crippen LogP contribution in [0.2, 0.25) is 0 Å². The first-order valence-electron chi connectivity index (χ1n) is 9.34. The zero-order chi connectivity index (χ0) is 22.3. The average Bonchev–Trinajstić information content (AvgIpc) is 2.68. The van der Waals surface area contributed by atoms with Crippen molar-refractivity contribution < 1.29 is 28.7 Å². The zero-order valence-electron chi connectivity index (χ0n) is 16.9. The Bertz CT molecular complexity index is 842. The number of nitrogens with one attached hydrogen (secondary N) is 1. The van der Waals surface area contributed by atoms with Gasteiger partial charge in [0, 0.05) is 13.1 Å². The van der Waals surface area contributed by atoms with E-state index < -0.39 is 29.7 Å². The summed E-state index contributed by atoms with van der Waals surface area (Å²) < 4.78 is 4.62. The molecule has 2 rings (SSSR count). The standard InChI is InChI=1S/C19H25N5O6/c1-12(25)11-23-6-7-24(14(19(23)29)9-18(28)30-2)17(27)10-21-16(26)8-13-4-3-5-15(20)22-13/h3-5,14H,6-11H2,1-2H3,(H2,20,22)(H,21,26). The Labute approximate surface area is 173 Å². The summed E-state index contributed by atoms with van der Waals surface area (Å²) in [5.41, 5.74) is 6.03. The molecule has 11 heteroatoms. The van der Waals surface area contributed by atoms with Gasteiger partial charge in [0.15, 0.2) is 0 Å². The lowest BCUT2D eigenvalue weighted by Crippen LogP contribution is -2.61. The van der Waals surface area contributed by atoms with Crippen molar-refractivity contribution in [1.29, 1.82) is 0 Å². The normalized spacial score (nSPS) is 16.2. The molecule has 1 fully saturated rings. The second-order valence-corrected chi connectivity index (χ2v) is 6.85. The summed E-state index contributed by atoms with van der Waals surface area (Å²) in [6.07, 6.45) is -0.397. The molecule has 0 spiro atoms. The van der Waals surface area contributed by atoms with Gasteiger partial charge >= 0.3 is 5.97 Å². The Morgan fingerprint density at radius 3 is 2.63 bits per heavy atom. The molecule has 3 amide bonds. The van der Waals surface area contributed by atoms with Crippen molar-refractivity contribution in [3.63, 3.8) is 0 Å². The lowest BCUT2D eigenvalue weighted by Gasteiger charge is -2.40. The summed E-state index contributed by atoms with van der Waals surface area (Å²) in [7, 11) is 1.18. The SMILES string of the molecule is COC(=O)CC1C(=O)N(CC(C)=O)CCN1C(=O)CNC(=O)Cc1cccc(N)n1. The molecule has 1 aromatic heterocycles. The van der Waals surface area contributed by atoms with Crippen LogP contribution in [0.1, 0.15) is 19.0 Å². The van der Waals surface area contributed by atoms with E-state index in [9.17, 15) is 24.0 Å². The molecule has 3 N–H and O–H groups in total. The number of Topliss-reactive ketones (excluding diaryl/α,β-unsaturated/α-hetero) is 1. The number of nitrogen functional groups attached to an aromatic ring is 1. The molecule has 1 aliphatic rings. The third-order valence-electron chi connectivity index (χ3n) is 4.51. The third kappa shape index (κ3) is 6.26. The van der Waals surface area contributed by atoms with E-state index in [1.165, 1.54) is 23.8 Å². The van der Waals surface area contributed by atoms with Crippen molar-refractivity contribution in [2.24, 2.45) is 0 Å². The fraction of sp³-hybridized carbons (Fsp3) is 0.474. The highest BCUT2D eigenvalue weighted by molar-refractivity contribution is 5.95. The third-order valence-corrected chi connectivity index (χ3v) is 4.51. The van der Waals surface area contributed by atoms with E-state index in [4.69, 9.17) is 5.73 Å². The first-order valence-corrected chi connectivity index (χ1v) is 9.34. The fourth-order valence-corrected chi connectivity index (χ4v) is 3.10. The van der Waals surface area contributed by atoms with Crippen LogP contribution in [0.5, 0.6) is 0 Å². The Morgan fingerprint density at radius 1 is 1.27 bits per heavy atom. The van der Waals surface area contributed by atoms with Crippen molar-refractivity contribution in [3.8, 4) is 0 Å². The van der Waals surface area contributed by atoms with Crippen LogP contribution in [0, 0.1) is 0 Å². The van der Waals surface area contributed by atoms with Crippen molar-refractivity contribution in [2.75, 3.05) is 39.0 Å². The van der Waals surface area contributed by atoms with E-state index in [1.54, 1.807) is 18.2 Å². The Hall–Kier alpha value is -3.50. The number of nitrogens with two attached hydrogens (primary N) is 1. The summed E-state index contributed by atoms with van der Waals surface area (Å²) >= 11 is 0. The molecule has 0 aromatic carbocycles. The first-order chi connectivity index (χ1) is 14.2. The van der Waals surface area contributed by atoms with Crippen LogP contribution in [-0.2, 0) is 35.1 Å². The van der Waals surface area contributed by atoms with Crippen LogP contribution >= 0.6 is 0 Å². The molecular formula is C19H25N5O6. The van der Waals surface area contributed by atoms with Gasteiger partial charge in [-0.3, -0.25) is 24.0 Å². The van der Waals surface area contributed by atoms with E-state index in [0.717, 1.165) is 0 Å². The average molecular weight is 419 g/mol. The molecule has 162 valence electrons. The Kier molecular flexibility index (Phi) is 7.84. The van der Waals surface area contributed by atoms with Gasteiger partial charge in [-0.05, 0) is 19.1 Å². The summed E-state index contributed by atoms with van der Waals surface area (Å²) in [5, 5.41) is 2.49. The number of hydrogen-bond donors (Lipinski definition) is 2. The van der Waals surface area contributed by atoms with Gasteiger partial charge in [0.2, 0.25) is 17.7 Å². The highest BCUT2D eigenvalue weighted by Crippen LogP contribution is 2.16. The van der Waals surface area contributed by atoms with Crippen LogP contribution < -0.4 is 11.1 Å². The van der Waals surface area contributed by atoms with E-state index in [-0.39, 0.29) is 50.6 Å². The number of rotatable bonds is 8. The molecular weight excluding hydrogens is 394 g/mol. The number of carbonyl (C=O) groups excluding carboxylic acids is 5. The number of anilines is 1. The van der Waals surface area contributed by atoms with Gasteiger partial charge in [-0.25, -0.2) is 4.98 Å². The number of esters is 1. The number of ether oxygens (including phenoxy) is 1. The van der Waals surface area contributed by atoms with Gasteiger partial charge in [-0.2, -0.15) is 0 Å². The summed E-state index contributed by atoms with van der Waals surface area (Å²) in [6, 6.07) is 3.80. The Morgan fingerprint density at radius 2 is 2.00 bits per heavy atom. The van der Waals surface area contributed by atoms with Crippen LogP contribution in [0.3, 0.4) is 0 Å². The molecule has 0 radical (unpaired) electrons. The number of carbonyl (C=O) groups is 5. The topological polar surface area (TPSA) is 152 Å². The van der Waals surface area contributed by atoms with Crippen molar-refractivity contribution in [2.45, 2.75) is 25.8 Å². The van der Waals surface area contributed by atoms with Gasteiger partial charge in [-0.15, -0.1) is 0 Å². The fourth-order valence-electron chi connectivity index (χ4n) is 3.10. The second-order valence-electron chi connectivity index (χ2n) is 6.85. The number of aromatic nitrogens is 1. The smallest absolute Gasteiger partial charge is 0.308 e. The highest BCUT2D eigenvalue weighted by Gasteiger charge is 2.39. The number of piperazine rings is 1. The summed E-state index contributed by atoms with van der Waals surface area (Å²) in [5.74, 6) is -2.05. The summed E-state index contributed by atoms with van der Waals surface area (Å²) in [6.45, 7) is 1.20. The molecule has 0 saturated carbocycles. The van der Waals surface area contributed by atoms with Gasteiger partial charge in [0.1, 0.15) is 17.6 Å². The van der Waals surface area contributed by atoms with E-state index in [2.05, 4.69) is 15.0 Å². The highest BCUT2D eigenvalue weighted by atomic mass is 16.5. The number of nitrogens with zero attached hydrogens (tertiary/aromatic N) is 3. The monoisotopic (exact) mass is 419 g/mol. The quantitative estimate of drug-likeness (QED) is 0.484. The maximum Gasteiger partial charge on any atom is 0.308 e. The maximum atomic E-state index is 12.7. The maximum absolute atomic E-state index is 12.7. The van der Waals surface area contributed by atoms with Crippen LogP contribution in [0.25, 0.3) is 0 Å². The summed E-state index contributed by atoms with van der Waals surface area (Å²) in [4.78, 5) is 67.1. The molecule has 0 aliphatic carbocycles. The van der Waals surface area contributed by atoms with Crippen molar-refractivity contribution >= 4 is 35.3 Å². The molecule has 1 aromatic rings. The van der Waals surface area contributed by atoms with Gasteiger partial charge in [-0.1, -0.05) is 6.07 Å². The van der Waals surface area contributed by atoms with Gasteiger partial charge in [0.05, 0.1) is 38.7 Å². The minimum atomic E-state index is -1.09. The lowest BCUT2D eigenvalue weighted by molar-refractivity contribution is -0.157. The number of methoxy groups -OCH3 is 1. The molecule has 0 bridgehead atoms. The van der Waals surface area contributed by atoms with E-state index in [1.807, 2.05) is 0 Å². The van der Waals surface area contributed by atoms with Crippen LogP contribution in [0.4, 0.5) is 5.82 Å². The second kappa shape index (κ2) is 10.3. The van der Waals surface area contributed by atoms with E-state index in [0.29, 0.717) is 5.69 Å². The van der Waals surface area contributed by atoms with E-state index >= 15 is 0 Å². The Balaban J connectivity index is 2.00. The number of amides is 3. The lowest BCUT2D eigenvalue weighted by atomic mass is 10.1. The van der Waals surface area contributed by atoms with Crippen LogP contribution in [0.15, 0.2) is 18.2 Å². The number of hydrogen-bond acceptors (Lipinski definition) is 8.